The van der Waals surface area contributed by atoms with Gasteiger partial charge in [-0.2, -0.15) is 0 Å². The van der Waals surface area contributed by atoms with Crippen LogP contribution in [0.15, 0.2) is 0 Å². The van der Waals surface area contributed by atoms with Crippen LogP contribution >= 0.6 is 11.3 Å². The highest BCUT2D eigenvalue weighted by molar-refractivity contribution is 7.15. The fraction of sp³-hybridized carbons (Fsp3) is 0.750. The van der Waals surface area contributed by atoms with Crippen LogP contribution < -0.4 is 4.90 Å². The molecule has 0 bridgehead atoms. The second kappa shape index (κ2) is 8.17. The van der Waals surface area contributed by atoms with Crippen molar-refractivity contribution < 1.29 is 9.59 Å². The molecule has 148 valence electrons. The van der Waals surface area contributed by atoms with E-state index in [9.17, 15) is 9.59 Å². The lowest BCUT2D eigenvalue weighted by molar-refractivity contribution is -0.136. The number of likely N-dealkylation sites (tertiary alicyclic amines) is 1. The Labute approximate surface area is 165 Å². The van der Waals surface area contributed by atoms with Gasteiger partial charge in [-0.25, -0.2) is 4.98 Å². The molecule has 0 saturated carbocycles. The number of aromatic nitrogens is 1. The lowest BCUT2D eigenvalue weighted by atomic mass is 9.89. The molecule has 3 heterocycles. The van der Waals surface area contributed by atoms with E-state index in [1.165, 1.54) is 17.0 Å². The predicted molar refractivity (Wildman–Crippen MR) is 107 cm³/mol. The number of carbonyl (C=O) groups is 2. The normalized spacial score (nSPS) is 23.3. The first kappa shape index (κ1) is 18.7. The number of amides is 2. The molecule has 2 amide bonds. The summed E-state index contributed by atoms with van der Waals surface area (Å²) in [4.78, 5) is 37.3. The summed E-state index contributed by atoms with van der Waals surface area (Å²) in [5.41, 5.74) is 1.20. The molecule has 6 nitrogen and oxygen atoms in total. The maximum absolute atomic E-state index is 12.9. The van der Waals surface area contributed by atoms with Gasteiger partial charge in [0.15, 0.2) is 5.13 Å². The Morgan fingerprint density at radius 2 is 1.78 bits per heavy atom. The quantitative estimate of drug-likeness (QED) is 0.795. The zero-order chi connectivity index (χ0) is 18.8. The minimum atomic E-state index is 0.142. The highest BCUT2D eigenvalue weighted by Crippen LogP contribution is 2.35. The third kappa shape index (κ3) is 3.98. The van der Waals surface area contributed by atoms with Crippen LogP contribution in [-0.2, 0) is 22.4 Å². The van der Waals surface area contributed by atoms with Crippen LogP contribution in [-0.4, -0.2) is 65.9 Å². The molecule has 4 rings (SSSR count). The van der Waals surface area contributed by atoms with Crippen LogP contribution in [0.25, 0.3) is 0 Å². The van der Waals surface area contributed by atoms with Crippen molar-refractivity contribution in [3.05, 3.63) is 10.6 Å². The number of piperidine rings is 1. The van der Waals surface area contributed by atoms with Crippen molar-refractivity contribution in [2.75, 3.05) is 44.2 Å². The summed E-state index contributed by atoms with van der Waals surface area (Å²) < 4.78 is 0. The largest absolute Gasteiger partial charge is 0.345 e. The van der Waals surface area contributed by atoms with E-state index in [0.29, 0.717) is 12.3 Å². The van der Waals surface area contributed by atoms with Gasteiger partial charge < -0.3 is 14.7 Å². The summed E-state index contributed by atoms with van der Waals surface area (Å²) in [6, 6.07) is 0. The topological polar surface area (TPSA) is 56.8 Å². The molecule has 0 spiro atoms. The number of fused-ring (bicyclic) bond motifs is 1. The Hall–Kier alpha value is -1.63. The summed E-state index contributed by atoms with van der Waals surface area (Å²) in [5.74, 6) is 0.747. The number of rotatable bonds is 3. The molecule has 0 N–H and O–H groups in total. The molecule has 7 heteroatoms. The lowest BCUT2D eigenvalue weighted by Gasteiger charge is -2.34. The molecule has 0 unspecified atom stereocenters. The van der Waals surface area contributed by atoms with Gasteiger partial charge in [-0.3, -0.25) is 9.59 Å². The van der Waals surface area contributed by atoms with Gasteiger partial charge >= 0.3 is 0 Å². The number of hydrogen-bond acceptors (Lipinski definition) is 5. The van der Waals surface area contributed by atoms with Crippen LogP contribution in [0, 0.1) is 5.92 Å². The molecule has 2 fully saturated rings. The first-order chi connectivity index (χ1) is 13.2. The van der Waals surface area contributed by atoms with Crippen molar-refractivity contribution in [2.45, 2.75) is 51.9 Å². The highest BCUT2D eigenvalue weighted by atomic mass is 32.1. The van der Waals surface area contributed by atoms with Crippen molar-refractivity contribution in [1.82, 2.24) is 14.8 Å². The number of nitrogens with zero attached hydrogens (tertiary/aromatic N) is 4. The molecule has 27 heavy (non-hydrogen) atoms. The maximum atomic E-state index is 12.9. The summed E-state index contributed by atoms with van der Waals surface area (Å²) >= 11 is 1.77. The Balaban J connectivity index is 1.37. The van der Waals surface area contributed by atoms with E-state index in [4.69, 9.17) is 4.98 Å². The second-order valence-corrected chi connectivity index (χ2v) is 8.98. The maximum Gasteiger partial charge on any atom is 0.226 e. The van der Waals surface area contributed by atoms with Gasteiger partial charge in [-0.1, -0.05) is 6.92 Å². The number of aryl methyl sites for hydroxylation is 1. The van der Waals surface area contributed by atoms with E-state index < -0.39 is 0 Å². The minimum Gasteiger partial charge on any atom is -0.345 e. The minimum absolute atomic E-state index is 0.142. The molecular weight excluding hydrogens is 360 g/mol. The van der Waals surface area contributed by atoms with E-state index >= 15 is 0 Å². The van der Waals surface area contributed by atoms with Gasteiger partial charge in [0.1, 0.15) is 0 Å². The van der Waals surface area contributed by atoms with E-state index in [0.717, 1.165) is 76.5 Å². The van der Waals surface area contributed by atoms with Gasteiger partial charge in [-0.15, -0.1) is 11.3 Å². The van der Waals surface area contributed by atoms with E-state index in [2.05, 4.69) is 9.80 Å². The van der Waals surface area contributed by atoms with Crippen molar-refractivity contribution in [2.24, 2.45) is 5.92 Å². The standard InChI is InChI=1S/C20H30N4O2S/c1-2-18(25)22-10-12-24(13-11-22)20-21-16-7-6-15(14-17(16)27-20)19(26)23-8-4-3-5-9-23/h15H,2-14H2,1H3/t15-/m1/s1. The third-order valence-electron chi connectivity index (χ3n) is 6.15. The first-order valence-electron chi connectivity index (χ1n) is 10.5. The summed E-state index contributed by atoms with van der Waals surface area (Å²) in [6.07, 6.45) is 6.86. The van der Waals surface area contributed by atoms with Crippen molar-refractivity contribution in [3.8, 4) is 0 Å². The molecule has 0 aromatic carbocycles. The molecule has 3 aliphatic rings. The smallest absolute Gasteiger partial charge is 0.226 e. The fourth-order valence-corrected chi connectivity index (χ4v) is 5.69. The van der Waals surface area contributed by atoms with Gasteiger partial charge in [0.2, 0.25) is 11.8 Å². The predicted octanol–water partition coefficient (Wildman–Crippen LogP) is 2.32. The Morgan fingerprint density at radius 3 is 2.48 bits per heavy atom. The molecule has 2 saturated heterocycles. The van der Waals surface area contributed by atoms with Gasteiger partial charge in [0.05, 0.1) is 5.69 Å². The Kier molecular flexibility index (Phi) is 5.66. The van der Waals surface area contributed by atoms with Crippen LogP contribution in [0.5, 0.6) is 0 Å². The zero-order valence-corrected chi connectivity index (χ0v) is 17.1. The molecule has 1 aromatic rings. The van der Waals surface area contributed by atoms with Gasteiger partial charge in [0.25, 0.3) is 0 Å². The van der Waals surface area contributed by atoms with Crippen LogP contribution in [0.1, 0.15) is 49.6 Å². The van der Waals surface area contributed by atoms with Crippen molar-refractivity contribution in [3.63, 3.8) is 0 Å². The van der Waals surface area contributed by atoms with Gasteiger partial charge in [-0.05, 0) is 38.5 Å². The number of hydrogen-bond donors (Lipinski definition) is 0. The monoisotopic (exact) mass is 390 g/mol. The fourth-order valence-electron chi connectivity index (χ4n) is 4.45. The Bertz CT molecular complexity index is 690. The molecule has 1 atom stereocenters. The average Bonchev–Trinajstić information content (AvgIpc) is 3.16. The SMILES string of the molecule is CCC(=O)N1CCN(c2nc3c(s2)C[C@H](C(=O)N2CCCCC2)CC3)CC1. The molecular formula is C20H30N4O2S. The van der Waals surface area contributed by atoms with E-state index in [1.54, 1.807) is 11.3 Å². The van der Waals surface area contributed by atoms with Crippen LogP contribution in [0.2, 0.25) is 0 Å². The van der Waals surface area contributed by atoms with Crippen LogP contribution in [0.3, 0.4) is 0 Å². The zero-order valence-electron chi connectivity index (χ0n) is 16.3. The number of piperazine rings is 1. The Morgan fingerprint density at radius 1 is 1.04 bits per heavy atom. The first-order valence-corrected chi connectivity index (χ1v) is 11.3. The van der Waals surface area contributed by atoms with Gasteiger partial charge in [0, 0.05) is 56.5 Å². The number of anilines is 1. The molecule has 1 aliphatic carbocycles. The summed E-state index contributed by atoms with van der Waals surface area (Å²) in [5, 5.41) is 1.08. The van der Waals surface area contributed by atoms with Crippen molar-refractivity contribution in [1.29, 1.82) is 0 Å². The average molecular weight is 391 g/mol. The summed E-state index contributed by atoms with van der Waals surface area (Å²) in [7, 11) is 0. The second-order valence-electron chi connectivity index (χ2n) is 7.91. The summed E-state index contributed by atoms with van der Waals surface area (Å²) in [6.45, 7) is 7.08. The van der Waals surface area contributed by atoms with Crippen molar-refractivity contribution >= 4 is 28.3 Å². The molecule has 1 aromatic heterocycles. The number of thiazole rings is 1. The number of carbonyl (C=O) groups excluding carboxylic acids is 2. The third-order valence-corrected chi connectivity index (χ3v) is 7.33. The molecule has 0 radical (unpaired) electrons. The van der Waals surface area contributed by atoms with E-state index in [-0.39, 0.29) is 11.8 Å². The van der Waals surface area contributed by atoms with Crippen LogP contribution in [0.4, 0.5) is 5.13 Å². The lowest BCUT2D eigenvalue weighted by Crippen LogP contribution is -2.48. The van der Waals surface area contributed by atoms with E-state index in [1.807, 2.05) is 11.8 Å². The molecule has 2 aliphatic heterocycles. The highest BCUT2D eigenvalue weighted by Gasteiger charge is 2.32.